The first-order valence-corrected chi connectivity index (χ1v) is 18.1. The highest BCUT2D eigenvalue weighted by atomic mass is 15.2. The molecule has 4 aliphatic rings. The van der Waals surface area contributed by atoms with Crippen LogP contribution >= 0.6 is 0 Å². The maximum absolute atomic E-state index is 10.5. The zero-order chi connectivity index (χ0) is 34.6. The van der Waals surface area contributed by atoms with E-state index in [4.69, 9.17) is 0 Å². The molecule has 0 amide bonds. The minimum absolute atomic E-state index is 0.0183. The van der Waals surface area contributed by atoms with Crippen LogP contribution in [-0.2, 0) is 0 Å². The Labute approximate surface area is 299 Å². The van der Waals surface area contributed by atoms with Crippen LogP contribution in [0.15, 0.2) is 121 Å². The second kappa shape index (κ2) is 12.4. The number of fused-ring (bicyclic) bond motifs is 6. The Hall–Kier alpha value is -6.09. The number of anilines is 4. The Morgan fingerprint density at radius 2 is 1.35 bits per heavy atom. The molecule has 5 aromatic rings. The lowest BCUT2D eigenvalue weighted by molar-refractivity contribution is 0.348. The standard InChI is InChI=1S/C46H37N5/c1-29-8-6-15-44-46(29)38-12-3-5-14-42(38)50(44)40-21-18-33(25-35(40)28-49)32-9-7-10-34(24-32)36-11-2-4-13-41(36)51-43-20-17-30(26-47)22-39(43)37-19-16-31(27-48)23-45(37)51/h2-5,7-14,17-18,20-22,24-25,31,37,44-46H,6,15-16,19,23H2,1H3. The fraction of sp³-hybridized carbons (Fsp3) is 0.239. The van der Waals surface area contributed by atoms with E-state index in [1.165, 1.54) is 22.4 Å². The average Bonchev–Trinajstić information content (AvgIpc) is 3.70. The smallest absolute Gasteiger partial charge is 0.101 e. The predicted molar refractivity (Wildman–Crippen MR) is 203 cm³/mol. The minimum Gasteiger partial charge on any atom is -0.337 e. The van der Waals surface area contributed by atoms with Gasteiger partial charge in [0.2, 0.25) is 0 Å². The summed E-state index contributed by atoms with van der Waals surface area (Å²) in [6.07, 6.45) is 7.12. The molecule has 2 heterocycles. The van der Waals surface area contributed by atoms with Gasteiger partial charge in [-0.25, -0.2) is 0 Å². The van der Waals surface area contributed by atoms with Gasteiger partial charge in [-0.2, -0.15) is 15.8 Å². The van der Waals surface area contributed by atoms with E-state index < -0.39 is 0 Å². The molecule has 5 heteroatoms. The molecule has 5 unspecified atom stereocenters. The molecule has 0 spiro atoms. The Kier molecular flexibility index (Phi) is 7.49. The fourth-order valence-corrected chi connectivity index (χ4v) is 9.62. The zero-order valence-corrected chi connectivity index (χ0v) is 28.6. The van der Waals surface area contributed by atoms with E-state index in [2.05, 4.69) is 144 Å². The highest BCUT2D eigenvalue weighted by Gasteiger charge is 2.44. The summed E-state index contributed by atoms with van der Waals surface area (Å²) >= 11 is 0. The lowest BCUT2D eigenvalue weighted by Crippen LogP contribution is -2.35. The Morgan fingerprint density at radius 1 is 0.608 bits per heavy atom. The van der Waals surface area contributed by atoms with E-state index in [0.29, 0.717) is 23.1 Å². The van der Waals surface area contributed by atoms with Crippen LogP contribution in [0, 0.1) is 39.9 Å². The normalized spacial score (nSPS) is 22.8. The quantitative estimate of drug-likeness (QED) is 0.179. The van der Waals surface area contributed by atoms with Gasteiger partial charge >= 0.3 is 0 Å². The molecule has 9 rings (SSSR count). The number of nitrogens with zero attached hydrogens (tertiary/aromatic N) is 5. The molecule has 246 valence electrons. The van der Waals surface area contributed by atoms with Crippen LogP contribution in [0.4, 0.5) is 22.7 Å². The Balaban J connectivity index is 1.10. The summed E-state index contributed by atoms with van der Waals surface area (Å²) in [4.78, 5) is 4.87. The first-order valence-electron chi connectivity index (χ1n) is 18.1. The zero-order valence-electron chi connectivity index (χ0n) is 28.6. The Bertz CT molecular complexity index is 2370. The molecule has 5 nitrogen and oxygen atoms in total. The summed E-state index contributed by atoms with van der Waals surface area (Å²) in [5, 5.41) is 30.2. The van der Waals surface area contributed by atoms with Crippen LogP contribution in [0.1, 0.15) is 73.1 Å². The van der Waals surface area contributed by atoms with Gasteiger partial charge in [-0.3, -0.25) is 0 Å². The van der Waals surface area contributed by atoms with Crippen LogP contribution < -0.4 is 9.80 Å². The van der Waals surface area contributed by atoms with Gasteiger partial charge in [0.05, 0.1) is 29.0 Å². The number of allylic oxidation sites excluding steroid dienone is 1. The topological polar surface area (TPSA) is 77.8 Å². The minimum atomic E-state index is 0.0183. The molecule has 51 heavy (non-hydrogen) atoms. The van der Waals surface area contributed by atoms with Crippen LogP contribution in [0.3, 0.4) is 0 Å². The molecule has 0 bridgehead atoms. The number of para-hydroxylation sites is 2. The third-order valence-electron chi connectivity index (χ3n) is 11.9. The molecule has 0 aromatic heterocycles. The van der Waals surface area contributed by atoms with E-state index in [9.17, 15) is 15.8 Å². The summed E-state index contributed by atoms with van der Waals surface area (Å²) in [6.45, 7) is 2.25. The number of benzene rings is 5. The summed E-state index contributed by atoms with van der Waals surface area (Å²) in [6, 6.07) is 46.2. The van der Waals surface area contributed by atoms with Gasteiger partial charge in [-0.05, 0) is 115 Å². The van der Waals surface area contributed by atoms with Crippen molar-refractivity contribution in [3.8, 4) is 40.5 Å². The fourth-order valence-electron chi connectivity index (χ4n) is 9.62. The highest BCUT2D eigenvalue weighted by Crippen LogP contribution is 2.55. The lowest BCUT2D eigenvalue weighted by Gasteiger charge is -2.36. The van der Waals surface area contributed by atoms with Gasteiger partial charge in [-0.1, -0.05) is 72.3 Å². The van der Waals surface area contributed by atoms with E-state index in [1.54, 1.807) is 0 Å². The van der Waals surface area contributed by atoms with Gasteiger partial charge in [0.25, 0.3) is 0 Å². The molecule has 5 aromatic carbocycles. The van der Waals surface area contributed by atoms with Crippen molar-refractivity contribution < 1.29 is 0 Å². The molecule has 0 N–H and O–H groups in total. The van der Waals surface area contributed by atoms with Gasteiger partial charge in [0.15, 0.2) is 0 Å². The molecule has 0 radical (unpaired) electrons. The van der Waals surface area contributed by atoms with Gasteiger partial charge in [0.1, 0.15) is 6.07 Å². The van der Waals surface area contributed by atoms with Crippen LogP contribution in [-0.4, -0.2) is 12.1 Å². The van der Waals surface area contributed by atoms with E-state index in [1.807, 2.05) is 6.07 Å². The monoisotopic (exact) mass is 659 g/mol. The van der Waals surface area contributed by atoms with Crippen molar-refractivity contribution >= 4 is 22.7 Å². The van der Waals surface area contributed by atoms with Crippen molar-refractivity contribution in [1.29, 1.82) is 15.8 Å². The largest absolute Gasteiger partial charge is 0.337 e. The molecule has 2 aliphatic heterocycles. The average molecular weight is 660 g/mol. The molecule has 1 saturated carbocycles. The van der Waals surface area contributed by atoms with Crippen LogP contribution in [0.25, 0.3) is 22.3 Å². The number of rotatable bonds is 4. The van der Waals surface area contributed by atoms with Crippen LogP contribution in [0.5, 0.6) is 0 Å². The molecule has 1 fully saturated rings. The predicted octanol–water partition coefficient (Wildman–Crippen LogP) is 11.0. The summed E-state index contributed by atoms with van der Waals surface area (Å²) in [5.74, 6) is 0.653. The second-order valence-electron chi connectivity index (χ2n) is 14.5. The second-order valence-corrected chi connectivity index (χ2v) is 14.5. The summed E-state index contributed by atoms with van der Waals surface area (Å²) in [5.41, 5.74) is 14.1. The maximum atomic E-state index is 10.5. The molecular formula is C46H37N5. The maximum Gasteiger partial charge on any atom is 0.101 e. The molecular weight excluding hydrogens is 623 g/mol. The first kappa shape index (κ1) is 30.9. The number of hydrogen-bond donors (Lipinski definition) is 0. The summed E-state index contributed by atoms with van der Waals surface area (Å²) < 4.78 is 0. The highest BCUT2D eigenvalue weighted by molar-refractivity contribution is 5.88. The molecule has 2 aliphatic carbocycles. The van der Waals surface area contributed by atoms with Crippen molar-refractivity contribution in [2.24, 2.45) is 5.92 Å². The van der Waals surface area contributed by atoms with E-state index >= 15 is 0 Å². The van der Waals surface area contributed by atoms with E-state index in [0.717, 1.165) is 71.4 Å². The summed E-state index contributed by atoms with van der Waals surface area (Å²) in [7, 11) is 0. The first-order chi connectivity index (χ1) is 25.1. The van der Waals surface area contributed by atoms with E-state index in [-0.39, 0.29) is 17.9 Å². The molecule has 0 saturated heterocycles. The number of hydrogen-bond acceptors (Lipinski definition) is 5. The lowest BCUT2D eigenvalue weighted by atomic mass is 9.77. The van der Waals surface area contributed by atoms with Crippen molar-refractivity contribution in [1.82, 2.24) is 0 Å². The van der Waals surface area contributed by atoms with Crippen molar-refractivity contribution in [2.45, 2.75) is 62.9 Å². The third kappa shape index (κ3) is 4.94. The van der Waals surface area contributed by atoms with Crippen molar-refractivity contribution in [2.75, 3.05) is 9.80 Å². The van der Waals surface area contributed by atoms with Crippen molar-refractivity contribution in [3.63, 3.8) is 0 Å². The van der Waals surface area contributed by atoms with Crippen LogP contribution in [0.2, 0.25) is 0 Å². The SMILES string of the molecule is CC1=CCCC2C1c1ccccc1N2c1ccc(-c2cccc(-c3ccccc3N3c4ccc(C#N)cc4C4CCC(C#N)CC43)c2)cc1C#N. The molecule has 5 atom stereocenters. The number of nitriles is 3. The van der Waals surface area contributed by atoms with Crippen molar-refractivity contribution in [3.05, 3.63) is 143 Å². The van der Waals surface area contributed by atoms with Gasteiger partial charge in [0, 0.05) is 52.5 Å². The Morgan fingerprint density at radius 3 is 2.20 bits per heavy atom. The third-order valence-corrected chi connectivity index (χ3v) is 11.9. The van der Waals surface area contributed by atoms with Gasteiger partial charge < -0.3 is 9.80 Å². The van der Waals surface area contributed by atoms with Gasteiger partial charge in [-0.15, -0.1) is 0 Å².